The van der Waals surface area contributed by atoms with Crippen LogP contribution in [-0.2, 0) is 4.79 Å². The van der Waals surface area contributed by atoms with Crippen molar-refractivity contribution in [2.24, 2.45) is 0 Å². The lowest BCUT2D eigenvalue weighted by molar-refractivity contribution is -0.127. The molecular weight excluding hydrogens is 374 g/mol. The van der Waals surface area contributed by atoms with Gasteiger partial charge < -0.3 is 14.5 Å². The lowest BCUT2D eigenvalue weighted by atomic mass is 9.96. The van der Waals surface area contributed by atoms with Crippen molar-refractivity contribution in [1.82, 2.24) is 34.6 Å². The summed E-state index contributed by atoms with van der Waals surface area (Å²) in [6.07, 6.45) is 8.98. The fourth-order valence-electron chi connectivity index (χ4n) is 3.82. The summed E-state index contributed by atoms with van der Waals surface area (Å²) >= 11 is 1.55. The number of H-pyrrole nitrogens is 1. The van der Waals surface area contributed by atoms with E-state index in [-0.39, 0.29) is 5.91 Å². The molecule has 1 saturated carbocycles. The molecule has 3 aromatic rings. The van der Waals surface area contributed by atoms with Gasteiger partial charge in [0.2, 0.25) is 5.91 Å². The second-order valence-electron chi connectivity index (χ2n) is 7.27. The number of amides is 1. The van der Waals surface area contributed by atoms with Crippen molar-refractivity contribution in [3.8, 4) is 0 Å². The highest BCUT2D eigenvalue weighted by Crippen LogP contribution is 2.43. The molecule has 0 bridgehead atoms. The van der Waals surface area contributed by atoms with Gasteiger partial charge in [-0.05, 0) is 49.6 Å². The van der Waals surface area contributed by atoms with Crippen molar-refractivity contribution in [2.75, 3.05) is 13.1 Å². The Morgan fingerprint density at radius 3 is 2.79 bits per heavy atom. The van der Waals surface area contributed by atoms with E-state index in [1.54, 1.807) is 18.1 Å². The van der Waals surface area contributed by atoms with Crippen molar-refractivity contribution in [1.29, 1.82) is 0 Å². The molecule has 8 nitrogen and oxygen atoms in total. The first kappa shape index (κ1) is 17.4. The van der Waals surface area contributed by atoms with Crippen molar-refractivity contribution in [3.63, 3.8) is 0 Å². The molecule has 1 aliphatic carbocycles. The summed E-state index contributed by atoms with van der Waals surface area (Å²) in [5.74, 6) is 1.39. The molecule has 2 aliphatic rings. The van der Waals surface area contributed by atoms with Crippen LogP contribution >= 0.6 is 11.8 Å². The lowest BCUT2D eigenvalue weighted by Crippen LogP contribution is -2.37. The molecule has 144 valence electrons. The highest BCUT2D eigenvalue weighted by molar-refractivity contribution is 7.99. The van der Waals surface area contributed by atoms with E-state index >= 15 is 0 Å². The maximum atomic E-state index is 11.8. The molecule has 1 amide bonds. The first-order valence-corrected chi connectivity index (χ1v) is 10.4. The largest absolute Gasteiger partial charge is 0.346 e. The molecule has 2 fully saturated rings. The van der Waals surface area contributed by atoms with Gasteiger partial charge in [-0.2, -0.15) is 0 Å². The fourth-order valence-corrected chi connectivity index (χ4v) is 4.79. The molecule has 0 spiro atoms. The van der Waals surface area contributed by atoms with Crippen LogP contribution in [0.25, 0.3) is 11.0 Å². The van der Waals surface area contributed by atoms with Crippen LogP contribution in [0.2, 0.25) is 0 Å². The lowest BCUT2D eigenvalue weighted by Gasteiger charge is -2.31. The Labute approximate surface area is 166 Å². The van der Waals surface area contributed by atoms with E-state index in [1.807, 2.05) is 17.2 Å². The zero-order valence-corrected chi connectivity index (χ0v) is 16.2. The summed E-state index contributed by atoms with van der Waals surface area (Å²) in [7, 11) is 0. The first-order chi connectivity index (χ1) is 13.7. The van der Waals surface area contributed by atoms with Gasteiger partial charge in [0.15, 0.2) is 5.16 Å². The summed E-state index contributed by atoms with van der Waals surface area (Å²) in [4.78, 5) is 25.5. The fraction of sp³-hybridized carbons (Fsp3) is 0.421. The molecule has 9 heteroatoms. The van der Waals surface area contributed by atoms with Crippen LogP contribution in [0.1, 0.15) is 43.5 Å². The van der Waals surface area contributed by atoms with Gasteiger partial charge in [0.05, 0.1) is 5.39 Å². The van der Waals surface area contributed by atoms with E-state index in [0.717, 1.165) is 65.8 Å². The minimum absolute atomic E-state index is 0.0117. The molecule has 0 radical (unpaired) electrons. The summed E-state index contributed by atoms with van der Waals surface area (Å²) in [5.41, 5.74) is 0.828. The number of rotatable bonds is 5. The van der Waals surface area contributed by atoms with E-state index in [0.29, 0.717) is 12.0 Å². The average Bonchev–Trinajstić information content (AvgIpc) is 3.29. The Morgan fingerprint density at radius 2 is 2.04 bits per heavy atom. The van der Waals surface area contributed by atoms with Crippen LogP contribution in [0.15, 0.2) is 41.4 Å². The topological polar surface area (TPSA) is 92.6 Å². The first-order valence-electron chi connectivity index (χ1n) is 9.56. The number of nitrogens with zero attached hydrogens (tertiary/aromatic N) is 6. The monoisotopic (exact) mass is 395 g/mol. The highest BCUT2D eigenvalue weighted by Gasteiger charge is 2.34. The minimum atomic E-state index is 0.0117. The van der Waals surface area contributed by atoms with Crippen molar-refractivity contribution < 1.29 is 4.79 Å². The van der Waals surface area contributed by atoms with Gasteiger partial charge in [-0.15, -0.1) is 10.2 Å². The van der Waals surface area contributed by atoms with Gasteiger partial charge in [-0.1, -0.05) is 6.58 Å². The van der Waals surface area contributed by atoms with Crippen LogP contribution in [-0.4, -0.2) is 53.6 Å². The Kier molecular flexibility index (Phi) is 4.38. The third kappa shape index (κ3) is 3.09. The predicted octanol–water partition coefficient (Wildman–Crippen LogP) is 2.93. The molecule has 3 aromatic heterocycles. The third-order valence-corrected chi connectivity index (χ3v) is 6.43. The molecule has 28 heavy (non-hydrogen) atoms. The Balaban J connectivity index is 1.41. The number of carbonyl (C=O) groups is 1. The van der Waals surface area contributed by atoms with Gasteiger partial charge in [-0.25, -0.2) is 9.97 Å². The SMILES string of the molecule is C=CC(=O)N1CCC(c2nnc(Sc3ncnc4[nH]ccc34)n2C2CC2)CC1. The van der Waals surface area contributed by atoms with E-state index in [1.165, 1.54) is 6.08 Å². The number of hydrogen-bond donors (Lipinski definition) is 1. The molecule has 0 unspecified atom stereocenters. The Bertz CT molecular complexity index is 1030. The maximum Gasteiger partial charge on any atom is 0.245 e. The zero-order valence-electron chi connectivity index (χ0n) is 15.4. The highest BCUT2D eigenvalue weighted by atomic mass is 32.2. The summed E-state index contributed by atoms with van der Waals surface area (Å²) in [5, 5.41) is 11.9. The number of carbonyl (C=O) groups excluding carboxylic acids is 1. The van der Waals surface area contributed by atoms with Crippen molar-refractivity contribution in [2.45, 2.75) is 47.8 Å². The van der Waals surface area contributed by atoms with Gasteiger partial charge in [0.25, 0.3) is 0 Å². The minimum Gasteiger partial charge on any atom is -0.346 e. The van der Waals surface area contributed by atoms with Gasteiger partial charge in [0.1, 0.15) is 22.8 Å². The van der Waals surface area contributed by atoms with Gasteiger partial charge >= 0.3 is 0 Å². The van der Waals surface area contributed by atoms with Crippen LogP contribution < -0.4 is 0 Å². The normalized spacial score (nSPS) is 17.9. The average molecular weight is 395 g/mol. The van der Waals surface area contributed by atoms with E-state index in [9.17, 15) is 4.79 Å². The molecule has 0 atom stereocenters. The molecule has 5 rings (SSSR count). The maximum absolute atomic E-state index is 11.8. The number of aromatic nitrogens is 6. The number of aromatic amines is 1. The van der Waals surface area contributed by atoms with E-state index < -0.39 is 0 Å². The van der Waals surface area contributed by atoms with E-state index in [4.69, 9.17) is 0 Å². The van der Waals surface area contributed by atoms with Crippen LogP contribution in [0.4, 0.5) is 0 Å². The number of hydrogen-bond acceptors (Lipinski definition) is 6. The molecule has 1 aliphatic heterocycles. The second kappa shape index (κ2) is 7.05. The van der Waals surface area contributed by atoms with E-state index in [2.05, 4.69) is 36.3 Å². The Morgan fingerprint density at radius 1 is 1.21 bits per heavy atom. The standard InChI is InChI=1S/C19H21N7OS/c1-2-15(27)25-9-6-12(7-10-25)17-23-24-19(26(17)13-3-4-13)28-18-14-5-8-20-16(14)21-11-22-18/h2,5,8,11-13H,1,3-4,6-7,9-10H2,(H,20,21,22). The summed E-state index contributed by atoms with van der Waals surface area (Å²) in [6, 6.07) is 2.46. The molecule has 1 saturated heterocycles. The number of nitrogens with one attached hydrogen (secondary N) is 1. The van der Waals surface area contributed by atoms with Crippen LogP contribution in [0.5, 0.6) is 0 Å². The second-order valence-corrected chi connectivity index (χ2v) is 8.22. The van der Waals surface area contributed by atoms with Crippen LogP contribution in [0, 0.1) is 0 Å². The van der Waals surface area contributed by atoms with Crippen LogP contribution in [0.3, 0.4) is 0 Å². The summed E-state index contributed by atoms with van der Waals surface area (Å²) in [6.45, 7) is 5.07. The predicted molar refractivity (Wildman–Crippen MR) is 105 cm³/mol. The number of piperidine rings is 1. The molecule has 4 heterocycles. The van der Waals surface area contributed by atoms with Gasteiger partial charge in [-0.3, -0.25) is 4.79 Å². The quantitative estimate of drug-likeness (QED) is 0.527. The zero-order chi connectivity index (χ0) is 19.1. The molecule has 0 aromatic carbocycles. The molecule has 1 N–H and O–H groups in total. The number of likely N-dealkylation sites (tertiary alicyclic amines) is 1. The summed E-state index contributed by atoms with van der Waals surface area (Å²) < 4.78 is 2.31. The smallest absolute Gasteiger partial charge is 0.245 e. The molecular formula is C19H21N7OS. The third-order valence-electron chi connectivity index (χ3n) is 5.45. The van der Waals surface area contributed by atoms with Gasteiger partial charge in [0, 0.05) is 31.2 Å². The van der Waals surface area contributed by atoms with Crippen molar-refractivity contribution >= 4 is 28.7 Å². The Hall–Kier alpha value is -2.68. The number of fused-ring (bicyclic) bond motifs is 1. The van der Waals surface area contributed by atoms with Crippen molar-refractivity contribution in [3.05, 3.63) is 37.1 Å².